The summed E-state index contributed by atoms with van der Waals surface area (Å²) < 4.78 is 6.59. The minimum absolute atomic E-state index is 0.0109. The lowest BCUT2D eigenvalue weighted by molar-refractivity contribution is -0.134. The molecule has 3 atom stereocenters. The van der Waals surface area contributed by atoms with Crippen molar-refractivity contribution >= 4 is 56.6 Å². The van der Waals surface area contributed by atoms with Crippen molar-refractivity contribution in [1.82, 2.24) is 9.80 Å². The van der Waals surface area contributed by atoms with Crippen molar-refractivity contribution in [2.75, 3.05) is 42.7 Å². The Bertz CT molecular complexity index is 1990. The fourth-order valence-corrected chi connectivity index (χ4v) is 6.24. The van der Waals surface area contributed by atoms with Crippen molar-refractivity contribution in [3.8, 4) is 5.75 Å². The maximum absolute atomic E-state index is 13.7. The first-order chi connectivity index (χ1) is 23.7. The summed E-state index contributed by atoms with van der Waals surface area (Å²) in [5, 5.41) is 22.7. The molecule has 1 heterocycles. The zero-order valence-corrected chi connectivity index (χ0v) is 27.9. The summed E-state index contributed by atoms with van der Waals surface area (Å²) in [4.78, 5) is 43.4. The average molecular weight is 660 g/mol. The van der Waals surface area contributed by atoms with Crippen molar-refractivity contribution in [2.45, 2.75) is 32.4 Å². The Labute approximate surface area is 285 Å². The summed E-state index contributed by atoms with van der Waals surface area (Å²) in [5.41, 5.74) is 2.47. The van der Waals surface area contributed by atoms with Gasteiger partial charge in [-0.3, -0.25) is 4.79 Å². The third-order valence-electron chi connectivity index (χ3n) is 9.04. The number of anilines is 3. The smallest absolute Gasteiger partial charge is 0.323 e. The second kappa shape index (κ2) is 14.7. The molecule has 10 heteroatoms. The minimum Gasteiger partial charge on any atom is -0.488 e. The predicted octanol–water partition coefficient (Wildman–Crippen LogP) is 6.95. The molecular formula is C39H41N5O5. The number of nitrogens with zero attached hydrogens (tertiary/aromatic N) is 2. The molecule has 252 valence electrons. The summed E-state index contributed by atoms with van der Waals surface area (Å²) in [7, 11) is 1.71. The van der Waals surface area contributed by atoms with Crippen LogP contribution in [0.4, 0.5) is 26.7 Å². The highest BCUT2D eigenvalue weighted by atomic mass is 16.5. The number of benzene rings is 5. The highest BCUT2D eigenvalue weighted by Crippen LogP contribution is 2.30. The van der Waals surface area contributed by atoms with Crippen LogP contribution < -0.4 is 20.7 Å². The number of carbonyl (C=O) groups excluding carboxylic acids is 3. The van der Waals surface area contributed by atoms with Crippen LogP contribution in [0.3, 0.4) is 0 Å². The predicted molar refractivity (Wildman–Crippen MR) is 194 cm³/mol. The van der Waals surface area contributed by atoms with Crippen LogP contribution in [-0.4, -0.2) is 71.8 Å². The number of fused-ring (bicyclic) bond motifs is 3. The summed E-state index contributed by atoms with van der Waals surface area (Å²) in [6.07, 6.45) is -0.480. The monoisotopic (exact) mass is 659 g/mol. The molecule has 0 aliphatic carbocycles. The van der Waals surface area contributed by atoms with Crippen molar-refractivity contribution < 1.29 is 24.2 Å². The van der Waals surface area contributed by atoms with Crippen LogP contribution in [0.1, 0.15) is 19.4 Å². The number of hydrogen-bond acceptors (Lipinski definition) is 5. The zero-order chi connectivity index (χ0) is 34.5. The van der Waals surface area contributed by atoms with Crippen molar-refractivity contribution in [2.24, 2.45) is 5.92 Å². The van der Waals surface area contributed by atoms with E-state index in [0.29, 0.717) is 34.9 Å². The number of carbonyl (C=O) groups is 3. The Balaban J connectivity index is 1.22. The van der Waals surface area contributed by atoms with Crippen LogP contribution in [-0.2, 0) is 11.2 Å². The Morgan fingerprint density at radius 3 is 2.14 bits per heavy atom. The molecule has 0 saturated heterocycles. The first-order valence-electron chi connectivity index (χ1n) is 16.5. The summed E-state index contributed by atoms with van der Waals surface area (Å²) in [6, 6.07) is 31.2. The third kappa shape index (κ3) is 7.60. The van der Waals surface area contributed by atoms with Crippen LogP contribution in [0.15, 0.2) is 103 Å². The summed E-state index contributed by atoms with van der Waals surface area (Å²) >= 11 is 0. The Morgan fingerprint density at radius 2 is 1.49 bits per heavy atom. The van der Waals surface area contributed by atoms with E-state index in [1.165, 1.54) is 0 Å². The first kappa shape index (κ1) is 33.3. The topological polar surface area (TPSA) is 123 Å². The van der Waals surface area contributed by atoms with E-state index in [1.807, 2.05) is 91.9 Å². The minimum atomic E-state index is -0.491. The van der Waals surface area contributed by atoms with Gasteiger partial charge in [0.2, 0.25) is 5.91 Å². The molecule has 5 aromatic rings. The molecule has 0 unspecified atom stereocenters. The van der Waals surface area contributed by atoms with E-state index in [2.05, 4.69) is 16.0 Å². The van der Waals surface area contributed by atoms with Crippen LogP contribution in [0.25, 0.3) is 21.5 Å². The van der Waals surface area contributed by atoms with Gasteiger partial charge in [-0.15, -0.1) is 0 Å². The van der Waals surface area contributed by atoms with Crippen LogP contribution in [0.2, 0.25) is 0 Å². The van der Waals surface area contributed by atoms with E-state index in [9.17, 15) is 19.5 Å². The van der Waals surface area contributed by atoms with Crippen molar-refractivity contribution in [3.05, 3.63) is 109 Å². The molecule has 1 aliphatic heterocycles. The van der Waals surface area contributed by atoms with Crippen LogP contribution >= 0.6 is 0 Å². The van der Waals surface area contributed by atoms with Gasteiger partial charge in [-0.25, -0.2) is 9.59 Å². The van der Waals surface area contributed by atoms with Gasteiger partial charge in [-0.1, -0.05) is 79.7 Å². The van der Waals surface area contributed by atoms with Gasteiger partial charge >= 0.3 is 12.1 Å². The molecule has 0 aromatic heterocycles. The molecule has 0 fully saturated rings. The van der Waals surface area contributed by atoms with E-state index in [4.69, 9.17) is 4.74 Å². The van der Waals surface area contributed by atoms with E-state index in [0.717, 1.165) is 21.5 Å². The molecule has 4 N–H and O–H groups in total. The molecule has 0 radical (unpaired) electrons. The van der Waals surface area contributed by atoms with Gasteiger partial charge in [0.05, 0.1) is 37.0 Å². The number of hydrogen-bond donors (Lipinski definition) is 4. The van der Waals surface area contributed by atoms with Gasteiger partial charge in [0.15, 0.2) is 0 Å². The first-order valence-corrected chi connectivity index (χ1v) is 16.5. The molecule has 6 rings (SSSR count). The van der Waals surface area contributed by atoms with Crippen LogP contribution in [0.5, 0.6) is 5.75 Å². The second-order valence-corrected chi connectivity index (χ2v) is 12.7. The van der Waals surface area contributed by atoms with Gasteiger partial charge in [0, 0.05) is 41.5 Å². The van der Waals surface area contributed by atoms with Gasteiger partial charge in [-0.05, 0) is 48.0 Å². The Morgan fingerprint density at radius 1 is 0.878 bits per heavy atom. The van der Waals surface area contributed by atoms with E-state index in [-0.39, 0.29) is 37.4 Å². The summed E-state index contributed by atoms with van der Waals surface area (Å²) in [6.45, 7) is 4.15. The third-order valence-corrected chi connectivity index (χ3v) is 9.04. The normalized spacial score (nSPS) is 16.8. The lowest BCUT2D eigenvalue weighted by Gasteiger charge is -2.34. The second-order valence-electron chi connectivity index (χ2n) is 12.7. The number of rotatable bonds is 7. The number of amides is 5. The highest BCUT2D eigenvalue weighted by molar-refractivity contribution is 6.06. The lowest BCUT2D eigenvalue weighted by Crippen LogP contribution is -2.48. The Hall–Kier alpha value is -5.61. The number of nitrogens with one attached hydrogen (secondary N) is 3. The summed E-state index contributed by atoms with van der Waals surface area (Å²) in [5.74, 6) is 0.130. The van der Waals surface area contributed by atoms with Gasteiger partial charge in [0.25, 0.3) is 0 Å². The largest absolute Gasteiger partial charge is 0.488 e. The molecule has 5 amide bonds. The number of ether oxygens (including phenoxy) is 1. The SMILES string of the molecule is C[C@H](CO)N1C[C@H](C)[C@@H](CN(C)C(=O)Nc2cccc3ccccc23)Oc2ccc(NC(=O)Nc3cccc4ccccc34)cc2CC1=O. The fourth-order valence-electron chi connectivity index (χ4n) is 6.24. The lowest BCUT2D eigenvalue weighted by atomic mass is 10.0. The zero-order valence-electron chi connectivity index (χ0n) is 27.9. The van der Waals surface area contributed by atoms with E-state index in [1.54, 1.807) is 42.0 Å². The average Bonchev–Trinajstić information content (AvgIpc) is 3.15. The molecule has 0 bridgehead atoms. The molecule has 0 saturated carbocycles. The number of aliphatic hydroxyl groups excluding tert-OH is 1. The molecule has 49 heavy (non-hydrogen) atoms. The molecule has 10 nitrogen and oxygen atoms in total. The number of likely N-dealkylation sites (N-methyl/N-ethyl adjacent to an activating group) is 1. The van der Waals surface area contributed by atoms with Gasteiger partial charge in [0.1, 0.15) is 11.9 Å². The van der Waals surface area contributed by atoms with E-state index < -0.39 is 18.2 Å². The van der Waals surface area contributed by atoms with Gasteiger partial charge < -0.3 is 35.6 Å². The standard InChI is InChI=1S/C39H41N5O5/c1-25-22-44(26(2)24-45)37(46)21-29-20-30(40-38(47)41-33-16-8-12-27-10-4-6-14-31(27)33)18-19-35(29)49-36(25)23-43(3)39(48)42-34-17-9-13-28-11-5-7-15-32(28)34/h4-20,25-26,36,45H,21-24H2,1-3H3,(H,42,48)(H2,40,41,47)/t25-,26+,36+/m0/s1. The van der Waals surface area contributed by atoms with Crippen molar-refractivity contribution in [3.63, 3.8) is 0 Å². The molecule has 5 aromatic carbocycles. The molecular weight excluding hydrogens is 618 g/mol. The fraction of sp³-hybridized carbons (Fsp3) is 0.256. The van der Waals surface area contributed by atoms with Crippen LogP contribution in [0, 0.1) is 5.92 Å². The molecule has 0 spiro atoms. The van der Waals surface area contributed by atoms with Crippen molar-refractivity contribution in [1.29, 1.82) is 0 Å². The van der Waals surface area contributed by atoms with E-state index >= 15 is 0 Å². The quantitative estimate of drug-likeness (QED) is 0.151. The Kier molecular flexibility index (Phi) is 9.96. The number of aliphatic hydroxyl groups is 1. The molecule has 1 aliphatic rings. The highest BCUT2D eigenvalue weighted by Gasteiger charge is 2.32. The van der Waals surface area contributed by atoms with Gasteiger partial charge in [-0.2, -0.15) is 0 Å². The maximum atomic E-state index is 13.7. The maximum Gasteiger partial charge on any atom is 0.323 e. The number of urea groups is 2.